The van der Waals surface area contributed by atoms with Gasteiger partial charge in [-0.05, 0) is 0 Å². The SMILES string of the molecule is N#Cc1ncncc1F. The van der Waals surface area contributed by atoms with Gasteiger partial charge in [0.2, 0.25) is 0 Å². The molecule has 0 aliphatic carbocycles. The smallest absolute Gasteiger partial charge is 0.179 e. The third kappa shape index (κ3) is 0.995. The van der Waals surface area contributed by atoms with Crippen LogP contribution in [0.2, 0.25) is 0 Å². The molecule has 1 aromatic rings. The van der Waals surface area contributed by atoms with Crippen molar-refractivity contribution in [1.29, 1.82) is 5.26 Å². The van der Waals surface area contributed by atoms with E-state index in [-0.39, 0.29) is 5.69 Å². The summed E-state index contributed by atoms with van der Waals surface area (Å²) in [7, 11) is 0. The molecule has 0 aliphatic rings. The minimum Gasteiger partial charge on any atom is -0.242 e. The molecule has 3 nitrogen and oxygen atoms in total. The first-order valence-corrected chi connectivity index (χ1v) is 2.20. The van der Waals surface area contributed by atoms with E-state index in [2.05, 4.69) is 9.97 Å². The van der Waals surface area contributed by atoms with Crippen LogP contribution in [-0.2, 0) is 0 Å². The molecule has 1 heterocycles. The lowest BCUT2D eigenvalue weighted by Crippen LogP contribution is -1.88. The number of nitrogens with zero attached hydrogens (tertiary/aromatic N) is 3. The molecule has 0 unspecified atom stereocenters. The molecule has 1 rings (SSSR count). The lowest BCUT2D eigenvalue weighted by molar-refractivity contribution is 0.608. The second-order valence-electron chi connectivity index (χ2n) is 1.33. The summed E-state index contributed by atoms with van der Waals surface area (Å²) in [6.45, 7) is 0. The van der Waals surface area contributed by atoms with Crippen LogP contribution < -0.4 is 0 Å². The monoisotopic (exact) mass is 123 g/mol. The van der Waals surface area contributed by atoms with Gasteiger partial charge in [0.1, 0.15) is 12.4 Å². The maximum Gasteiger partial charge on any atom is 0.179 e. The average Bonchev–Trinajstić information content (AvgIpc) is 1.89. The third-order valence-electron chi connectivity index (χ3n) is 0.774. The highest BCUT2D eigenvalue weighted by Crippen LogP contribution is 1.96. The quantitative estimate of drug-likeness (QED) is 0.504. The summed E-state index contributed by atoms with van der Waals surface area (Å²) >= 11 is 0. The van der Waals surface area contributed by atoms with E-state index < -0.39 is 5.82 Å². The zero-order chi connectivity index (χ0) is 6.69. The van der Waals surface area contributed by atoms with Crippen LogP contribution in [0, 0.1) is 17.1 Å². The summed E-state index contributed by atoms with van der Waals surface area (Å²) in [5.41, 5.74) is -0.218. The van der Waals surface area contributed by atoms with Gasteiger partial charge >= 0.3 is 0 Å². The van der Waals surface area contributed by atoms with E-state index in [0.29, 0.717) is 0 Å². The molecule has 0 fully saturated rings. The highest BCUT2D eigenvalue weighted by atomic mass is 19.1. The topological polar surface area (TPSA) is 49.6 Å². The van der Waals surface area contributed by atoms with Crippen LogP contribution in [0.4, 0.5) is 4.39 Å². The zero-order valence-electron chi connectivity index (χ0n) is 4.37. The molecule has 0 saturated heterocycles. The fourth-order valence-corrected chi connectivity index (χ4v) is 0.395. The molecule has 1 aromatic heterocycles. The van der Waals surface area contributed by atoms with Crippen molar-refractivity contribution in [2.45, 2.75) is 0 Å². The Morgan fingerprint density at radius 3 is 2.89 bits per heavy atom. The molecular formula is C5H2FN3. The average molecular weight is 123 g/mol. The Morgan fingerprint density at radius 2 is 2.44 bits per heavy atom. The van der Waals surface area contributed by atoms with Gasteiger partial charge in [0.05, 0.1) is 6.20 Å². The van der Waals surface area contributed by atoms with Crippen molar-refractivity contribution in [3.63, 3.8) is 0 Å². The van der Waals surface area contributed by atoms with Crippen LogP contribution in [0.15, 0.2) is 12.5 Å². The molecule has 0 saturated carbocycles. The van der Waals surface area contributed by atoms with Gasteiger partial charge < -0.3 is 0 Å². The first kappa shape index (κ1) is 5.63. The van der Waals surface area contributed by atoms with Gasteiger partial charge in [-0.3, -0.25) is 0 Å². The Kier molecular flexibility index (Phi) is 1.36. The van der Waals surface area contributed by atoms with E-state index in [1.54, 1.807) is 6.07 Å². The van der Waals surface area contributed by atoms with Gasteiger partial charge in [-0.1, -0.05) is 0 Å². The summed E-state index contributed by atoms with van der Waals surface area (Å²) < 4.78 is 12.2. The Morgan fingerprint density at radius 1 is 1.67 bits per heavy atom. The summed E-state index contributed by atoms with van der Waals surface area (Å²) in [6, 6.07) is 1.57. The van der Waals surface area contributed by atoms with Crippen LogP contribution in [0.5, 0.6) is 0 Å². The number of hydrogen-bond acceptors (Lipinski definition) is 3. The van der Waals surface area contributed by atoms with Gasteiger partial charge in [0, 0.05) is 0 Å². The van der Waals surface area contributed by atoms with Crippen LogP contribution >= 0.6 is 0 Å². The van der Waals surface area contributed by atoms with E-state index >= 15 is 0 Å². The van der Waals surface area contributed by atoms with Crippen molar-refractivity contribution in [3.8, 4) is 6.07 Å². The summed E-state index contributed by atoms with van der Waals surface area (Å²) in [5, 5.41) is 8.14. The van der Waals surface area contributed by atoms with E-state index in [1.165, 1.54) is 0 Å². The molecule has 0 atom stereocenters. The van der Waals surface area contributed by atoms with Crippen molar-refractivity contribution < 1.29 is 4.39 Å². The number of halogens is 1. The lowest BCUT2D eigenvalue weighted by atomic mass is 10.4. The van der Waals surface area contributed by atoms with Crippen molar-refractivity contribution in [1.82, 2.24) is 9.97 Å². The second kappa shape index (κ2) is 2.18. The van der Waals surface area contributed by atoms with Crippen LogP contribution in [-0.4, -0.2) is 9.97 Å². The summed E-state index contributed by atoms with van der Waals surface area (Å²) in [6.07, 6.45) is 2.08. The first-order chi connectivity index (χ1) is 4.34. The van der Waals surface area contributed by atoms with E-state index in [4.69, 9.17) is 5.26 Å². The fraction of sp³-hybridized carbons (Fsp3) is 0. The van der Waals surface area contributed by atoms with Crippen molar-refractivity contribution >= 4 is 0 Å². The molecule has 0 aromatic carbocycles. The van der Waals surface area contributed by atoms with E-state index in [1.807, 2.05) is 0 Å². The molecule has 44 valence electrons. The number of hydrogen-bond donors (Lipinski definition) is 0. The van der Waals surface area contributed by atoms with Gasteiger partial charge in [0.15, 0.2) is 11.5 Å². The van der Waals surface area contributed by atoms with Crippen molar-refractivity contribution in [2.24, 2.45) is 0 Å². The van der Waals surface area contributed by atoms with Gasteiger partial charge in [0.25, 0.3) is 0 Å². The lowest BCUT2D eigenvalue weighted by Gasteiger charge is -1.85. The van der Waals surface area contributed by atoms with Crippen LogP contribution in [0.25, 0.3) is 0 Å². The number of rotatable bonds is 0. The third-order valence-corrected chi connectivity index (χ3v) is 0.774. The minimum atomic E-state index is -0.681. The maximum absolute atomic E-state index is 12.2. The van der Waals surface area contributed by atoms with Gasteiger partial charge in [-0.2, -0.15) is 5.26 Å². The molecule has 9 heavy (non-hydrogen) atoms. The van der Waals surface area contributed by atoms with Crippen LogP contribution in [0.1, 0.15) is 5.69 Å². The maximum atomic E-state index is 12.2. The second-order valence-corrected chi connectivity index (χ2v) is 1.33. The van der Waals surface area contributed by atoms with E-state index in [0.717, 1.165) is 12.5 Å². The Hall–Kier alpha value is -1.50. The van der Waals surface area contributed by atoms with Crippen LogP contribution in [0.3, 0.4) is 0 Å². The highest BCUT2D eigenvalue weighted by Gasteiger charge is 1.97. The fourth-order valence-electron chi connectivity index (χ4n) is 0.395. The van der Waals surface area contributed by atoms with Gasteiger partial charge in [-0.15, -0.1) is 0 Å². The Bertz CT molecular complexity index is 253. The minimum absolute atomic E-state index is 0.218. The largest absolute Gasteiger partial charge is 0.242 e. The predicted octanol–water partition coefficient (Wildman–Crippen LogP) is 0.487. The molecule has 0 aliphatic heterocycles. The first-order valence-electron chi connectivity index (χ1n) is 2.20. The Labute approximate surface area is 50.8 Å². The summed E-state index contributed by atoms with van der Waals surface area (Å²) in [4.78, 5) is 6.71. The Balaban J connectivity index is 3.20. The standard InChI is InChI=1S/C5H2FN3/c6-4-2-8-3-9-5(4)1-7/h2-3H. The van der Waals surface area contributed by atoms with Crippen molar-refractivity contribution in [2.75, 3.05) is 0 Å². The molecule has 0 spiro atoms. The molecule has 0 amide bonds. The molecule has 0 bridgehead atoms. The zero-order valence-corrected chi connectivity index (χ0v) is 4.37. The van der Waals surface area contributed by atoms with E-state index in [9.17, 15) is 4.39 Å². The number of aromatic nitrogens is 2. The van der Waals surface area contributed by atoms with Crippen molar-refractivity contribution in [3.05, 3.63) is 24.0 Å². The highest BCUT2D eigenvalue weighted by molar-refractivity contribution is 5.18. The molecule has 0 radical (unpaired) electrons. The molecular weight excluding hydrogens is 121 g/mol. The molecule has 4 heteroatoms. The predicted molar refractivity (Wildman–Crippen MR) is 26.7 cm³/mol. The normalized spacial score (nSPS) is 8.44. The molecule has 0 N–H and O–H groups in total. The number of nitriles is 1. The summed E-state index contributed by atoms with van der Waals surface area (Å²) in [5.74, 6) is -0.681. The van der Waals surface area contributed by atoms with Gasteiger partial charge in [-0.25, -0.2) is 14.4 Å².